The maximum Gasteiger partial charge on any atom is 0.108 e. The molecule has 0 spiro atoms. The number of nitriles is 1. The van der Waals surface area contributed by atoms with Crippen molar-refractivity contribution in [2.45, 2.75) is 0 Å². The molecule has 0 unspecified atom stereocenters. The fraction of sp³-hybridized carbons (Fsp3) is 0. The van der Waals surface area contributed by atoms with Crippen LogP contribution < -0.4 is 0 Å². The van der Waals surface area contributed by atoms with Gasteiger partial charge in [-0.05, 0) is 0 Å². The minimum atomic E-state index is 0.473. The van der Waals surface area contributed by atoms with Crippen molar-refractivity contribution in [2.75, 3.05) is 0 Å². The number of H-pyrrole nitrogens is 1. The van der Waals surface area contributed by atoms with Crippen LogP contribution in [0.25, 0.3) is 11.4 Å². The summed E-state index contributed by atoms with van der Waals surface area (Å²) < 4.78 is 0. The molecule has 0 bridgehead atoms. The third-order valence-corrected chi connectivity index (χ3v) is 1.58. The zero-order valence-corrected chi connectivity index (χ0v) is 6.60. The molecule has 0 fully saturated rings. The molecule has 1 N–H and O–H groups in total. The largest absolute Gasteiger partial charge is 0.275 e. The smallest absolute Gasteiger partial charge is 0.108 e. The number of aromatic amines is 1. The fourth-order valence-electron chi connectivity index (χ4n) is 0.994. The number of nitrogens with one attached hydrogen (secondary N) is 1. The molecule has 0 atom stereocenters. The highest BCUT2D eigenvalue weighted by Crippen LogP contribution is 2.15. The highest BCUT2D eigenvalue weighted by atomic mass is 15.1. The summed E-state index contributed by atoms with van der Waals surface area (Å²) in [5.41, 5.74) is 1.70. The van der Waals surface area contributed by atoms with Gasteiger partial charge in [0.05, 0.1) is 18.0 Å². The molecule has 2 aromatic rings. The van der Waals surface area contributed by atoms with Gasteiger partial charge in [0.25, 0.3) is 0 Å². The second-order valence-corrected chi connectivity index (χ2v) is 2.36. The monoisotopic (exact) mass is 171 g/mol. The van der Waals surface area contributed by atoms with Crippen LogP contribution in [0.3, 0.4) is 0 Å². The van der Waals surface area contributed by atoms with Crippen LogP contribution >= 0.6 is 0 Å². The van der Waals surface area contributed by atoms with Crippen molar-refractivity contribution >= 4 is 0 Å². The summed E-state index contributed by atoms with van der Waals surface area (Å²) in [5, 5.41) is 15.2. The average molecular weight is 171 g/mol. The van der Waals surface area contributed by atoms with Crippen LogP contribution in [-0.2, 0) is 0 Å². The maximum absolute atomic E-state index is 8.71. The van der Waals surface area contributed by atoms with E-state index in [4.69, 9.17) is 5.26 Å². The van der Waals surface area contributed by atoms with Crippen molar-refractivity contribution in [3.8, 4) is 17.5 Å². The van der Waals surface area contributed by atoms with Crippen molar-refractivity contribution in [2.24, 2.45) is 0 Å². The summed E-state index contributed by atoms with van der Waals surface area (Å²) in [6.07, 6.45) is 6.18. The van der Waals surface area contributed by atoms with Crippen LogP contribution in [0.15, 0.2) is 24.8 Å². The molecular weight excluding hydrogens is 166 g/mol. The van der Waals surface area contributed by atoms with E-state index in [-0.39, 0.29) is 0 Å². The molecule has 0 aliphatic rings. The molecule has 0 aliphatic carbocycles. The van der Waals surface area contributed by atoms with Crippen LogP contribution in [0.4, 0.5) is 0 Å². The molecule has 0 aromatic carbocycles. The first-order valence-electron chi connectivity index (χ1n) is 3.61. The van der Waals surface area contributed by atoms with Gasteiger partial charge in [0.2, 0.25) is 0 Å². The SMILES string of the molecule is N#Cc1cn[nH]c1-c1cnccn1. The lowest BCUT2D eigenvalue weighted by Gasteiger charge is -1.93. The topological polar surface area (TPSA) is 78.2 Å². The van der Waals surface area contributed by atoms with E-state index in [0.29, 0.717) is 17.0 Å². The number of hydrogen-bond donors (Lipinski definition) is 1. The summed E-state index contributed by atoms with van der Waals surface area (Å²) in [6.45, 7) is 0. The standard InChI is InChI=1S/C8H5N5/c9-3-6-4-12-13-8(6)7-5-10-1-2-11-7/h1-2,4-5H,(H,12,13). The lowest BCUT2D eigenvalue weighted by Crippen LogP contribution is -1.86. The first kappa shape index (κ1) is 7.43. The molecule has 5 nitrogen and oxygen atoms in total. The Balaban J connectivity index is 2.54. The summed E-state index contributed by atoms with van der Waals surface area (Å²) in [6, 6.07) is 2.01. The van der Waals surface area contributed by atoms with E-state index < -0.39 is 0 Å². The van der Waals surface area contributed by atoms with Crippen molar-refractivity contribution in [1.82, 2.24) is 20.2 Å². The van der Waals surface area contributed by atoms with E-state index in [1.54, 1.807) is 18.6 Å². The van der Waals surface area contributed by atoms with Crippen LogP contribution in [0.1, 0.15) is 5.56 Å². The van der Waals surface area contributed by atoms with Gasteiger partial charge in [0.15, 0.2) is 0 Å². The van der Waals surface area contributed by atoms with Crippen LogP contribution in [0.5, 0.6) is 0 Å². The molecule has 0 amide bonds. The zero-order chi connectivity index (χ0) is 9.10. The van der Waals surface area contributed by atoms with Crippen LogP contribution in [0.2, 0.25) is 0 Å². The minimum absolute atomic E-state index is 0.473. The summed E-state index contributed by atoms with van der Waals surface area (Å²) in [7, 11) is 0. The van der Waals surface area contributed by atoms with E-state index in [1.807, 2.05) is 6.07 Å². The lowest BCUT2D eigenvalue weighted by atomic mass is 10.2. The van der Waals surface area contributed by atoms with Crippen molar-refractivity contribution < 1.29 is 0 Å². The number of rotatable bonds is 1. The summed E-state index contributed by atoms with van der Waals surface area (Å²) >= 11 is 0. The first-order chi connectivity index (χ1) is 6.42. The maximum atomic E-state index is 8.71. The van der Waals surface area contributed by atoms with E-state index in [0.717, 1.165) is 0 Å². The quantitative estimate of drug-likeness (QED) is 0.686. The summed E-state index contributed by atoms with van der Waals surface area (Å²) in [5.74, 6) is 0. The minimum Gasteiger partial charge on any atom is -0.275 e. The van der Waals surface area contributed by atoms with Gasteiger partial charge in [0, 0.05) is 12.4 Å². The molecule has 0 aliphatic heterocycles. The van der Waals surface area contributed by atoms with E-state index in [2.05, 4.69) is 20.2 Å². The van der Waals surface area contributed by atoms with E-state index in [1.165, 1.54) is 6.20 Å². The normalized spacial score (nSPS) is 9.46. The predicted molar refractivity (Wildman–Crippen MR) is 44.3 cm³/mol. The second-order valence-electron chi connectivity index (χ2n) is 2.36. The van der Waals surface area contributed by atoms with Crippen molar-refractivity contribution in [3.05, 3.63) is 30.4 Å². The van der Waals surface area contributed by atoms with Crippen molar-refractivity contribution in [3.63, 3.8) is 0 Å². The number of hydrogen-bond acceptors (Lipinski definition) is 4. The Hall–Kier alpha value is -2.22. The van der Waals surface area contributed by atoms with Gasteiger partial charge in [-0.2, -0.15) is 10.4 Å². The van der Waals surface area contributed by atoms with Crippen LogP contribution in [0, 0.1) is 11.3 Å². The van der Waals surface area contributed by atoms with Crippen molar-refractivity contribution in [1.29, 1.82) is 5.26 Å². The Kier molecular flexibility index (Phi) is 1.73. The molecule has 2 aromatic heterocycles. The molecule has 62 valence electrons. The third kappa shape index (κ3) is 1.25. The zero-order valence-electron chi connectivity index (χ0n) is 6.60. The lowest BCUT2D eigenvalue weighted by molar-refractivity contribution is 1.08. The van der Waals surface area contributed by atoms with E-state index in [9.17, 15) is 0 Å². The van der Waals surface area contributed by atoms with Gasteiger partial charge in [-0.1, -0.05) is 0 Å². The molecule has 0 saturated heterocycles. The molecule has 0 radical (unpaired) electrons. The summed E-state index contributed by atoms with van der Waals surface area (Å²) in [4.78, 5) is 7.94. The molecule has 5 heteroatoms. The van der Waals surface area contributed by atoms with Gasteiger partial charge >= 0.3 is 0 Å². The van der Waals surface area contributed by atoms with Gasteiger partial charge < -0.3 is 0 Å². The molecule has 13 heavy (non-hydrogen) atoms. The highest BCUT2D eigenvalue weighted by Gasteiger charge is 2.07. The van der Waals surface area contributed by atoms with Crippen LogP contribution in [-0.4, -0.2) is 20.2 Å². The first-order valence-corrected chi connectivity index (χ1v) is 3.61. The molecule has 0 saturated carbocycles. The fourth-order valence-corrected chi connectivity index (χ4v) is 0.994. The van der Waals surface area contributed by atoms with Gasteiger partial charge in [0.1, 0.15) is 17.5 Å². The Morgan fingerprint density at radius 1 is 1.31 bits per heavy atom. The Bertz CT molecular complexity index is 439. The Labute approximate surface area is 74.1 Å². The number of nitrogens with zero attached hydrogens (tertiary/aromatic N) is 4. The second kappa shape index (κ2) is 3.03. The van der Waals surface area contributed by atoms with Gasteiger partial charge in [-0.3, -0.25) is 15.1 Å². The molecule has 2 rings (SSSR count). The van der Waals surface area contributed by atoms with Gasteiger partial charge in [-0.25, -0.2) is 0 Å². The Morgan fingerprint density at radius 3 is 2.92 bits per heavy atom. The molecular formula is C8H5N5. The highest BCUT2D eigenvalue weighted by molar-refractivity contribution is 5.60. The van der Waals surface area contributed by atoms with E-state index >= 15 is 0 Å². The molecule has 2 heterocycles. The number of aromatic nitrogens is 4. The van der Waals surface area contributed by atoms with Gasteiger partial charge in [-0.15, -0.1) is 0 Å². The third-order valence-electron chi connectivity index (χ3n) is 1.58. The average Bonchev–Trinajstić information content (AvgIpc) is 2.67. The predicted octanol–water partition coefficient (Wildman–Crippen LogP) is 0.738. The Morgan fingerprint density at radius 2 is 2.23 bits per heavy atom.